The number of carboxylic acids is 1. The van der Waals surface area contributed by atoms with Crippen LogP contribution >= 0.6 is 23.2 Å². The minimum Gasteiger partial charge on any atom is -0.478 e. The van der Waals surface area contributed by atoms with Crippen molar-refractivity contribution in [3.05, 3.63) is 111 Å². The Balaban J connectivity index is 1.98. The van der Waals surface area contributed by atoms with Gasteiger partial charge in [0.1, 0.15) is 0 Å². The van der Waals surface area contributed by atoms with Crippen LogP contribution < -0.4 is 0 Å². The molecule has 0 saturated heterocycles. The van der Waals surface area contributed by atoms with Crippen molar-refractivity contribution in [2.45, 2.75) is 30.3 Å². The van der Waals surface area contributed by atoms with Crippen LogP contribution in [0.4, 0.5) is 0 Å². The van der Waals surface area contributed by atoms with Crippen LogP contribution in [0.15, 0.2) is 89.3 Å². The van der Waals surface area contributed by atoms with Gasteiger partial charge in [0.2, 0.25) is 10.0 Å². The van der Waals surface area contributed by atoms with Crippen LogP contribution in [-0.4, -0.2) is 23.8 Å². The molecule has 170 valence electrons. The third-order valence-corrected chi connectivity index (χ3v) is 8.29. The number of hydrogen-bond acceptors (Lipinski definition) is 3. The van der Waals surface area contributed by atoms with Crippen LogP contribution in [0.25, 0.3) is 0 Å². The van der Waals surface area contributed by atoms with Gasteiger partial charge < -0.3 is 5.11 Å². The van der Waals surface area contributed by atoms with Crippen molar-refractivity contribution in [2.24, 2.45) is 0 Å². The molecule has 1 heterocycles. The van der Waals surface area contributed by atoms with E-state index in [0.717, 1.165) is 5.56 Å². The first-order chi connectivity index (χ1) is 15.7. The van der Waals surface area contributed by atoms with Crippen LogP contribution in [0.2, 0.25) is 10.0 Å². The van der Waals surface area contributed by atoms with Gasteiger partial charge in [0.15, 0.2) is 0 Å². The number of aryl methyl sites for hydroxylation is 1. The summed E-state index contributed by atoms with van der Waals surface area (Å²) < 4.78 is 29.6. The van der Waals surface area contributed by atoms with Crippen LogP contribution in [0.5, 0.6) is 0 Å². The lowest BCUT2D eigenvalue weighted by Gasteiger charge is -2.41. The van der Waals surface area contributed by atoms with E-state index in [9.17, 15) is 18.3 Å². The van der Waals surface area contributed by atoms with Crippen molar-refractivity contribution < 1.29 is 18.3 Å². The largest absolute Gasteiger partial charge is 0.478 e. The quantitative estimate of drug-likeness (QED) is 0.452. The van der Waals surface area contributed by atoms with Crippen LogP contribution in [0.1, 0.15) is 35.2 Å². The lowest BCUT2D eigenvalue weighted by molar-refractivity contribution is -0.133. The van der Waals surface area contributed by atoms with E-state index in [2.05, 4.69) is 0 Å². The maximum Gasteiger partial charge on any atom is 0.333 e. The predicted octanol–water partition coefficient (Wildman–Crippen LogP) is 6.19. The van der Waals surface area contributed by atoms with Gasteiger partial charge in [0.05, 0.1) is 22.6 Å². The fourth-order valence-corrected chi connectivity index (χ4v) is 6.44. The predicted molar refractivity (Wildman–Crippen MR) is 129 cm³/mol. The maximum absolute atomic E-state index is 14.1. The van der Waals surface area contributed by atoms with Crippen LogP contribution in [-0.2, 0) is 14.8 Å². The first kappa shape index (κ1) is 23.5. The van der Waals surface area contributed by atoms with E-state index in [1.807, 2.05) is 0 Å². The highest BCUT2D eigenvalue weighted by Crippen LogP contribution is 2.46. The van der Waals surface area contributed by atoms with Gasteiger partial charge in [-0.25, -0.2) is 13.2 Å². The Labute approximate surface area is 202 Å². The molecule has 2 atom stereocenters. The maximum atomic E-state index is 14.1. The number of sulfonamides is 1. The topological polar surface area (TPSA) is 74.7 Å². The van der Waals surface area contributed by atoms with Crippen molar-refractivity contribution in [2.75, 3.05) is 0 Å². The van der Waals surface area contributed by atoms with Gasteiger partial charge in [-0.3, -0.25) is 0 Å². The molecule has 0 saturated carbocycles. The van der Waals surface area contributed by atoms with E-state index in [1.54, 1.807) is 85.8 Å². The van der Waals surface area contributed by atoms with Gasteiger partial charge in [-0.05, 0) is 60.4 Å². The van der Waals surface area contributed by atoms with Gasteiger partial charge in [-0.2, -0.15) is 4.31 Å². The Morgan fingerprint density at radius 3 is 2.00 bits per heavy atom. The number of carbonyl (C=O) groups is 1. The zero-order chi connectivity index (χ0) is 23.8. The molecule has 8 heteroatoms. The van der Waals surface area contributed by atoms with E-state index < -0.39 is 28.1 Å². The zero-order valence-corrected chi connectivity index (χ0v) is 20.0. The van der Waals surface area contributed by atoms with E-state index in [0.29, 0.717) is 21.2 Å². The summed E-state index contributed by atoms with van der Waals surface area (Å²) in [4.78, 5) is 12.4. The summed E-state index contributed by atoms with van der Waals surface area (Å²) in [5.41, 5.74) is 1.81. The standard InChI is InChI=1S/C25H21Cl2NO4S/c1-16-4-2-3-5-23(16)33(31,32)28-22(17-6-10-19(26)11-7-17)15-14-21(25(29)30)24(28)18-8-12-20(27)13-9-18/h2-14,22,24H,15H2,1H3,(H,29,30)/t22-,24-/m0/s1. The Morgan fingerprint density at radius 2 is 1.45 bits per heavy atom. The molecule has 0 spiro atoms. The molecule has 0 amide bonds. The second-order valence-corrected chi connectivity index (χ2v) is 10.5. The molecule has 1 aliphatic rings. The number of carboxylic acid groups (broad SMARTS) is 1. The summed E-state index contributed by atoms with van der Waals surface area (Å²) in [6.07, 6.45) is 1.81. The van der Waals surface area contributed by atoms with Crippen molar-refractivity contribution in [1.29, 1.82) is 0 Å². The Morgan fingerprint density at radius 1 is 0.909 bits per heavy atom. The lowest BCUT2D eigenvalue weighted by atomic mass is 9.89. The number of benzene rings is 3. The molecule has 4 rings (SSSR count). The molecule has 5 nitrogen and oxygen atoms in total. The summed E-state index contributed by atoms with van der Waals surface area (Å²) in [5, 5.41) is 11.0. The molecule has 3 aromatic carbocycles. The molecule has 0 aromatic heterocycles. The van der Waals surface area contributed by atoms with Crippen molar-refractivity contribution in [3.63, 3.8) is 0 Å². The van der Waals surface area contributed by atoms with Gasteiger partial charge >= 0.3 is 5.97 Å². The van der Waals surface area contributed by atoms with Crippen molar-refractivity contribution >= 4 is 39.2 Å². The summed E-state index contributed by atoms with van der Waals surface area (Å²) in [6.45, 7) is 1.72. The third kappa shape index (κ3) is 4.57. The molecule has 0 bridgehead atoms. The number of aliphatic carboxylic acids is 1. The highest BCUT2D eigenvalue weighted by molar-refractivity contribution is 7.89. The monoisotopic (exact) mass is 501 g/mol. The fraction of sp³-hybridized carbons (Fsp3) is 0.160. The van der Waals surface area contributed by atoms with Crippen molar-refractivity contribution in [3.8, 4) is 0 Å². The van der Waals surface area contributed by atoms with Crippen molar-refractivity contribution in [1.82, 2.24) is 4.31 Å². The first-order valence-corrected chi connectivity index (χ1v) is 12.4. The van der Waals surface area contributed by atoms with E-state index in [-0.39, 0.29) is 16.9 Å². The number of halogens is 2. The molecular weight excluding hydrogens is 481 g/mol. The second-order valence-electron chi connectivity index (χ2n) is 7.82. The molecule has 33 heavy (non-hydrogen) atoms. The fourth-order valence-electron chi connectivity index (χ4n) is 4.18. The summed E-state index contributed by atoms with van der Waals surface area (Å²) in [5.74, 6) is -1.17. The summed E-state index contributed by atoms with van der Waals surface area (Å²) >= 11 is 12.1. The molecule has 0 fully saturated rings. The first-order valence-electron chi connectivity index (χ1n) is 10.2. The smallest absolute Gasteiger partial charge is 0.333 e. The molecule has 1 N–H and O–H groups in total. The molecule has 0 unspecified atom stereocenters. The molecule has 0 aliphatic carbocycles. The van der Waals surface area contributed by atoms with Gasteiger partial charge in [0, 0.05) is 10.0 Å². The number of rotatable bonds is 5. The average Bonchev–Trinajstić information content (AvgIpc) is 2.79. The van der Waals surface area contributed by atoms with Gasteiger partial charge in [-0.1, -0.05) is 71.7 Å². The zero-order valence-electron chi connectivity index (χ0n) is 17.7. The molecular formula is C25H21Cl2NO4S. The third-order valence-electron chi connectivity index (χ3n) is 5.75. The lowest BCUT2D eigenvalue weighted by Crippen LogP contribution is -2.42. The van der Waals surface area contributed by atoms with E-state index in [1.165, 1.54) is 4.31 Å². The minimum absolute atomic E-state index is 0.000282. The van der Waals surface area contributed by atoms with Crippen LogP contribution in [0.3, 0.4) is 0 Å². The number of nitrogens with zero attached hydrogens (tertiary/aromatic N) is 1. The van der Waals surface area contributed by atoms with Crippen LogP contribution in [0, 0.1) is 6.92 Å². The Kier molecular flexibility index (Phi) is 6.64. The highest BCUT2D eigenvalue weighted by atomic mass is 35.5. The van der Waals surface area contributed by atoms with E-state index in [4.69, 9.17) is 23.2 Å². The highest BCUT2D eigenvalue weighted by Gasteiger charge is 2.44. The summed E-state index contributed by atoms with van der Waals surface area (Å²) in [7, 11) is -4.11. The Hall–Kier alpha value is -2.64. The molecule has 0 radical (unpaired) electrons. The molecule has 1 aliphatic heterocycles. The van der Waals surface area contributed by atoms with Gasteiger partial charge in [-0.15, -0.1) is 0 Å². The minimum atomic E-state index is -4.11. The number of hydrogen-bond donors (Lipinski definition) is 1. The summed E-state index contributed by atoms with van der Waals surface area (Å²) in [6, 6.07) is 18.5. The second kappa shape index (κ2) is 9.31. The SMILES string of the molecule is Cc1ccccc1S(=O)(=O)N1[C@@H](c2ccc(Cl)cc2)C(C(=O)O)=CC[C@H]1c1ccc(Cl)cc1. The van der Waals surface area contributed by atoms with Gasteiger partial charge in [0.25, 0.3) is 0 Å². The average molecular weight is 502 g/mol. The Bertz CT molecular complexity index is 1320. The molecule has 3 aromatic rings. The van der Waals surface area contributed by atoms with E-state index >= 15 is 0 Å². The normalized spacial score (nSPS) is 19.2.